The van der Waals surface area contributed by atoms with Crippen molar-refractivity contribution in [3.63, 3.8) is 0 Å². The van der Waals surface area contributed by atoms with Crippen molar-refractivity contribution in [2.75, 3.05) is 26.0 Å². The van der Waals surface area contributed by atoms with Crippen LogP contribution in [0.2, 0.25) is 0 Å². The number of hydrogen-bond donors (Lipinski definition) is 1. The van der Waals surface area contributed by atoms with Crippen molar-refractivity contribution in [2.45, 2.75) is 11.4 Å². The van der Waals surface area contributed by atoms with Gasteiger partial charge in [0.2, 0.25) is 0 Å². The lowest BCUT2D eigenvalue weighted by molar-refractivity contribution is 0.0863. The number of methoxy groups -OCH3 is 1. The van der Waals surface area contributed by atoms with Crippen LogP contribution >= 0.6 is 0 Å². The van der Waals surface area contributed by atoms with E-state index in [0.717, 1.165) is 6.54 Å². The van der Waals surface area contributed by atoms with Gasteiger partial charge in [0.15, 0.2) is 9.84 Å². The van der Waals surface area contributed by atoms with Gasteiger partial charge in [-0.15, -0.1) is 0 Å². The van der Waals surface area contributed by atoms with Gasteiger partial charge in [0, 0.05) is 26.1 Å². The van der Waals surface area contributed by atoms with Crippen molar-refractivity contribution in [1.29, 1.82) is 0 Å². The van der Waals surface area contributed by atoms with Gasteiger partial charge in [-0.3, -0.25) is 0 Å². The monoisotopic (exact) mass is 191 g/mol. The normalized spacial score (nSPS) is 44.6. The van der Waals surface area contributed by atoms with E-state index in [1.54, 1.807) is 7.11 Å². The molecule has 0 aromatic carbocycles. The number of sulfone groups is 1. The molecule has 0 aromatic heterocycles. The van der Waals surface area contributed by atoms with Gasteiger partial charge in [-0.2, -0.15) is 0 Å². The summed E-state index contributed by atoms with van der Waals surface area (Å²) in [7, 11) is -1.29. The lowest BCUT2D eigenvalue weighted by Gasteiger charge is -2.12. The highest BCUT2D eigenvalue weighted by molar-refractivity contribution is 7.92. The SMILES string of the molecule is CO[C@@H]1CS(=O)(=O)[C@H]2CNC[C@@H]12. The fraction of sp³-hybridized carbons (Fsp3) is 1.00. The highest BCUT2D eigenvalue weighted by atomic mass is 32.2. The molecule has 0 aromatic rings. The van der Waals surface area contributed by atoms with E-state index in [-0.39, 0.29) is 23.0 Å². The third-order valence-electron chi connectivity index (χ3n) is 2.84. The minimum Gasteiger partial charge on any atom is -0.380 e. The first kappa shape index (κ1) is 8.47. The Morgan fingerprint density at radius 3 is 2.83 bits per heavy atom. The van der Waals surface area contributed by atoms with Gasteiger partial charge in [-0.25, -0.2) is 8.42 Å². The van der Waals surface area contributed by atoms with Crippen molar-refractivity contribution in [3.05, 3.63) is 0 Å². The lowest BCUT2D eigenvalue weighted by atomic mass is 10.0. The number of rotatable bonds is 1. The molecule has 2 aliphatic heterocycles. The summed E-state index contributed by atoms with van der Waals surface area (Å²) in [6, 6.07) is 0. The highest BCUT2D eigenvalue weighted by Gasteiger charge is 2.49. The Labute approximate surface area is 72.2 Å². The Balaban J connectivity index is 2.28. The van der Waals surface area contributed by atoms with Crippen molar-refractivity contribution < 1.29 is 13.2 Å². The van der Waals surface area contributed by atoms with E-state index in [2.05, 4.69) is 5.32 Å². The van der Waals surface area contributed by atoms with Gasteiger partial charge in [0.25, 0.3) is 0 Å². The topological polar surface area (TPSA) is 55.4 Å². The maximum atomic E-state index is 11.5. The molecule has 2 saturated heterocycles. The molecule has 2 rings (SSSR count). The summed E-state index contributed by atoms with van der Waals surface area (Å²) in [6.07, 6.45) is -0.0880. The third kappa shape index (κ3) is 1.08. The molecule has 0 unspecified atom stereocenters. The van der Waals surface area contributed by atoms with Gasteiger partial charge in [-0.05, 0) is 0 Å². The van der Waals surface area contributed by atoms with Crippen LogP contribution in [0.4, 0.5) is 0 Å². The molecule has 0 spiro atoms. The van der Waals surface area contributed by atoms with Crippen LogP contribution in [-0.2, 0) is 14.6 Å². The molecule has 4 nitrogen and oxygen atoms in total. The second-order valence-electron chi connectivity index (χ2n) is 3.46. The maximum absolute atomic E-state index is 11.5. The lowest BCUT2D eigenvalue weighted by Crippen LogP contribution is -2.25. The smallest absolute Gasteiger partial charge is 0.157 e. The van der Waals surface area contributed by atoms with Crippen molar-refractivity contribution in [3.8, 4) is 0 Å². The number of ether oxygens (including phenoxy) is 1. The fourth-order valence-corrected chi connectivity index (χ4v) is 4.42. The Morgan fingerprint density at radius 1 is 1.42 bits per heavy atom. The Morgan fingerprint density at radius 2 is 2.17 bits per heavy atom. The van der Waals surface area contributed by atoms with E-state index in [1.165, 1.54) is 0 Å². The molecular formula is C7H13NO3S. The summed E-state index contributed by atoms with van der Waals surface area (Å²) in [5, 5.41) is 2.89. The summed E-state index contributed by atoms with van der Waals surface area (Å²) in [5.74, 6) is 0.389. The van der Waals surface area contributed by atoms with Gasteiger partial charge >= 0.3 is 0 Å². The molecular weight excluding hydrogens is 178 g/mol. The van der Waals surface area contributed by atoms with Crippen molar-refractivity contribution in [1.82, 2.24) is 5.32 Å². The zero-order chi connectivity index (χ0) is 8.77. The third-order valence-corrected chi connectivity index (χ3v) is 5.07. The molecule has 2 heterocycles. The molecule has 0 bridgehead atoms. The predicted molar refractivity (Wildman–Crippen MR) is 44.7 cm³/mol. The second kappa shape index (κ2) is 2.68. The summed E-state index contributed by atoms with van der Waals surface area (Å²) >= 11 is 0. The standard InChI is InChI=1S/C7H13NO3S/c1-11-6-4-12(9,10)7-3-8-2-5(6)7/h5-8H,2-4H2,1H3/t5-,6+,7-/m0/s1. The molecule has 70 valence electrons. The molecule has 0 aliphatic carbocycles. The second-order valence-corrected chi connectivity index (χ2v) is 5.73. The van der Waals surface area contributed by atoms with E-state index in [4.69, 9.17) is 4.74 Å². The predicted octanol–water partition coefficient (Wildman–Crippen LogP) is -0.982. The van der Waals surface area contributed by atoms with E-state index >= 15 is 0 Å². The van der Waals surface area contributed by atoms with E-state index in [9.17, 15) is 8.42 Å². The van der Waals surface area contributed by atoms with Crippen LogP contribution in [0.25, 0.3) is 0 Å². The van der Waals surface area contributed by atoms with E-state index in [0.29, 0.717) is 6.54 Å². The van der Waals surface area contributed by atoms with Crippen LogP contribution in [0.5, 0.6) is 0 Å². The molecule has 0 amide bonds. The van der Waals surface area contributed by atoms with E-state index in [1.807, 2.05) is 0 Å². The number of nitrogens with one attached hydrogen (secondary N) is 1. The summed E-state index contributed by atoms with van der Waals surface area (Å²) in [4.78, 5) is 0. The molecule has 5 heteroatoms. The first-order chi connectivity index (χ1) is 5.65. The zero-order valence-corrected chi connectivity index (χ0v) is 7.80. The van der Waals surface area contributed by atoms with Gasteiger partial charge in [-0.1, -0.05) is 0 Å². The average Bonchev–Trinajstić information content (AvgIpc) is 2.54. The molecule has 2 aliphatic rings. The van der Waals surface area contributed by atoms with Crippen LogP contribution in [0, 0.1) is 5.92 Å². The quantitative estimate of drug-likeness (QED) is 0.578. The van der Waals surface area contributed by atoms with Crippen molar-refractivity contribution >= 4 is 9.84 Å². The zero-order valence-electron chi connectivity index (χ0n) is 6.99. The van der Waals surface area contributed by atoms with Gasteiger partial charge < -0.3 is 10.1 Å². The number of hydrogen-bond acceptors (Lipinski definition) is 4. The van der Waals surface area contributed by atoms with Gasteiger partial charge in [0.1, 0.15) is 0 Å². The molecule has 1 N–H and O–H groups in total. The molecule has 3 atom stereocenters. The summed E-state index contributed by atoms with van der Waals surface area (Å²) in [5.41, 5.74) is 0. The fourth-order valence-electron chi connectivity index (χ4n) is 2.16. The van der Waals surface area contributed by atoms with E-state index < -0.39 is 9.84 Å². The minimum absolute atomic E-state index is 0.0880. The Hall–Kier alpha value is -0.130. The Kier molecular flexibility index (Phi) is 1.89. The summed E-state index contributed by atoms with van der Waals surface area (Å²) in [6.45, 7) is 1.38. The molecule has 0 radical (unpaired) electrons. The molecule has 12 heavy (non-hydrogen) atoms. The van der Waals surface area contributed by atoms with Crippen LogP contribution in [-0.4, -0.2) is 45.7 Å². The molecule has 2 fully saturated rings. The van der Waals surface area contributed by atoms with Crippen LogP contribution in [0.1, 0.15) is 0 Å². The molecule has 0 saturated carbocycles. The van der Waals surface area contributed by atoms with Crippen molar-refractivity contribution in [2.24, 2.45) is 5.92 Å². The average molecular weight is 191 g/mol. The largest absolute Gasteiger partial charge is 0.380 e. The first-order valence-corrected chi connectivity index (χ1v) is 5.82. The van der Waals surface area contributed by atoms with Crippen LogP contribution in [0.15, 0.2) is 0 Å². The highest BCUT2D eigenvalue weighted by Crippen LogP contribution is 2.31. The summed E-state index contributed by atoms with van der Waals surface area (Å²) < 4.78 is 28.1. The van der Waals surface area contributed by atoms with Crippen LogP contribution < -0.4 is 5.32 Å². The number of fused-ring (bicyclic) bond motifs is 1. The maximum Gasteiger partial charge on any atom is 0.157 e. The minimum atomic E-state index is -2.87. The first-order valence-electron chi connectivity index (χ1n) is 4.10. The Bertz CT molecular complexity index is 274. The van der Waals surface area contributed by atoms with Gasteiger partial charge in [0.05, 0.1) is 17.1 Å². The van der Waals surface area contributed by atoms with Crippen LogP contribution in [0.3, 0.4) is 0 Å².